The van der Waals surface area contributed by atoms with Crippen LogP contribution in [0.3, 0.4) is 0 Å². The predicted octanol–water partition coefficient (Wildman–Crippen LogP) is 2.28. The Hall–Kier alpha value is -0.430. The third-order valence-electron chi connectivity index (χ3n) is 3.30. The van der Waals surface area contributed by atoms with E-state index in [1.807, 2.05) is 6.07 Å². The topological polar surface area (TPSA) is 49.4 Å². The average molecular weight is 302 g/mol. The summed E-state index contributed by atoms with van der Waals surface area (Å²) in [7, 11) is -3.27. The van der Waals surface area contributed by atoms with Crippen LogP contribution in [0.25, 0.3) is 0 Å². The van der Waals surface area contributed by atoms with Gasteiger partial charge in [-0.1, -0.05) is 20.8 Å². The van der Waals surface area contributed by atoms with Crippen molar-refractivity contribution in [2.75, 3.05) is 13.1 Å². The Morgan fingerprint density at radius 1 is 1.47 bits per heavy atom. The fraction of sp³-hybridized carbons (Fsp3) is 0.692. The van der Waals surface area contributed by atoms with Crippen molar-refractivity contribution in [1.29, 1.82) is 0 Å². The molecule has 1 aromatic rings. The molecule has 1 unspecified atom stereocenters. The van der Waals surface area contributed by atoms with Crippen LogP contribution in [0.4, 0.5) is 0 Å². The van der Waals surface area contributed by atoms with Crippen LogP contribution in [0, 0.1) is 5.92 Å². The molecule has 0 bridgehead atoms. The first kappa shape index (κ1) is 15.0. The number of hydrogen-bond acceptors (Lipinski definition) is 4. The Bertz CT molecular complexity index is 523. The van der Waals surface area contributed by atoms with E-state index >= 15 is 0 Å². The monoisotopic (exact) mass is 302 g/mol. The van der Waals surface area contributed by atoms with Crippen molar-refractivity contribution in [3.05, 3.63) is 17.0 Å². The van der Waals surface area contributed by atoms with Crippen LogP contribution in [0.2, 0.25) is 0 Å². The van der Waals surface area contributed by atoms with E-state index in [0.29, 0.717) is 29.3 Å². The molecule has 0 spiro atoms. The third kappa shape index (κ3) is 3.56. The molecule has 1 N–H and O–H groups in total. The van der Waals surface area contributed by atoms with Crippen molar-refractivity contribution in [2.24, 2.45) is 5.92 Å². The molecule has 1 aromatic heterocycles. The smallest absolute Gasteiger partial charge is 0.252 e. The quantitative estimate of drug-likeness (QED) is 0.908. The molecule has 4 nitrogen and oxygen atoms in total. The normalized spacial score (nSPS) is 21.4. The second kappa shape index (κ2) is 5.91. The molecule has 0 saturated carbocycles. The highest BCUT2D eigenvalue weighted by Crippen LogP contribution is 2.28. The first-order valence-electron chi connectivity index (χ1n) is 6.72. The number of sulfonamides is 1. The Morgan fingerprint density at radius 3 is 2.79 bits per heavy atom. The van der Waals surface area contributed by atoms with Gasteiger partial charge in [0.1, 0.15) is 4.21 Å². The van der Waals surface area contributed by atoms with Gasteiger partial charge in [-0.05, 0) is 24.5 Å². The van der Waals surface area contributed by atoms with Crippen molar-refractivity contribution < 1.29 is 8.42 Å². The molecule has 1 aliphatic heterocycles. The fourth-order valence-corrected chi connectivity index (χ4v) is 5.17. The zero-order valence-corrected chi connectivity index (χ0v) is 13.4. The van der Waals surface area contributed by atoms with E-state index in [-0.39, 0.29) is 0 Å². The van der Waals surface area contributed by atoms with E-state index in [0.717, 1.165) is 17.8 Å². The Kier molecular flexibility index (Phi) is 4.66. The van der Waals surface area contributed by atoms with Crippen LogP contribution in [0.5, 0.6) is 0 Å². The summed E-state index contributed by atoms with van der Waals surface area (Å²) >= 11 is 1.38. The molecule has 19 heavy (non-hydrogen) atoms. The van der Waals surface area contributed by atoms with Crippen LogP contribution < -0.4 is 5.32 Å². The van der Waals surface area contributed by atoms with Gasteiger partial charge in [0.05, 0.1) is 0 Å². The van der Waals surface area contributed by atoms with Crippen molar-refractivity contribution >= 4 is 21.4 Å². The molecule has 1 aliphatic rings. The maximum Gasteiger partial charge on any atom is 0.252 e. The summed E-state index contributed by atoms with van der Waals surface area (Å²) in [5, 5.41) is 3.31. The molecule has 0 radical (unpaired) electrons. The molecular formula is C13H22N2O2S2. The first-order valence-corrected chi connectivity index (χ1v) is 8.97. The van der Waals surface area contributed by atoms with Crippen LogP contribution in [0.1, 0.15) is 32.1 Å². The lowest BCUT2D eigenvalue weighted by atomic mass is 10.2. The molecule has 6 heteroatoms. The standard InChI is InChI=1S/C13H22N2O2S2/c1-10(2)14-8-12-4-5-13(18-12)19(16,17)15-7-6-11(3)9-15/h4-5,10-11,14H,6-9H2,1-3H3. The van der Waals surface area contributed by atoms with Crippen molar-refractivity contribution in [3.63, 3.8) is 0 Å². The van der Waals surface area contributed by atoms with Gasteiger partial charge < -0.3 is 5.32 Å². The fourth-order valence-electron chi connectivity index (χ4n) is 2.14. The number of rotatable bonds is 5. The first-order chi connectivity index (χ1) is 8.89. The molecular weight excluding hydrogens is 280 g/mol. The summed E-state index contributed by atoms with van der Waals surface area (Å²) < 4.78 is 27.0. The lowest BCUT2D eigenvalue weighted by Gasteiger charge is -2.14. The molecule has 0 aliphatic carbocycles. The van der Waals surface area contributed by atoms with Gasteiger partial charge in [0.15, 0.2) is 0 Å². The lowest BCUT2D eigenvalue weighted by molar-refractivity contribution is 0.466. The van der Waals surface area contributed by atoms with Crippen LogP contribution in [-0.2, 0) is 16.6 Å². The molecule has 0 amide bonds. The second-order valence-electron chi connectivity index (χ2n) is 5.51. The van der Waals surface area contributed by atoms with Gasteiger partial charge in [0.25, 0.3) is 10.0 Å². The van der Waals surface area contributed by atoms with Gasteiger partial charge in [-0.15, -0.1) is 11.3 Å². The van der Waals surface area contributed by atoms with Gasteiger partial charge in [-0.2, -0.15) is 4.31 Å². The van der Waals surface area contributed by atoms with Crippen molar-refractivity contribution in [3.8, 4) is 0 Å². The van der Waals surface area contributed by atoms with Crippen molar-refractivity contribution in [2.45, 2.75) is 44.0 Å². The number of hydrogen-bond donors (Lipinski definition) is 1. The van der Waals surface area contributed by atoms with E-state index in [1.165, 1.54) is 11.3 Å². The zero-order chi connectivity index (χ0) is 14.0. The SMILES string of the molecule is CC1CCN(S(=O)(=O)c2ccc(CNC(C)C)s2)C1. The molecule has 1 atom stereocenters. The van der Waals surface area contributed by atoms with E-state index in [2.05, 4.69) is 26.1 Å². The summed E-state index contributed by atoms with van der Waals surface area (Å²) in [6.45, 7) is 8.30. The highest BCUT2D eigenvalue weighted by Gasteiger charge is 2.31. The van der Waals surface area contributed by atoms with Gasteiger partial charge >= 0.3 is 0 Å². The molecule has 0 aromatic carbocycles. The molecule has 1 saturated heterocycles. The van der Waals surface area contributed by atoms with Crippen LogP contribution in [0.15, 0.2) is 16.3 Å². The summed E-state index contributed by atoms with van der Waals surface area (Å²) in [5.74, 6) is 0.469. The van der Waals surface area contributed by atoms with Gasteiger partial charge in [0.2, 0.25) is 0 Å². The van der Waals surface area contributed by atoms with Crippen LogP contribution in [-0.4, -0.2) is 31.9 Å². The average Bonchev–Trinajstić information content (AvgIpc) is 2.95. The summed E-state index contributed by atoms with van der Waals surface area (Å²) in [5.41, 5.74) is 0. The highest BCUT2D eigenvalue weighted by atomic mass is 32.2. The zero-order valence-electron chi connectivity index (χ0n) is 11.7. The van der Waals surface area contributed by atoms with Gasteiger partial charge in [0, 0.05) is 30.6 Å². The summed E-state index contributed by atoms with van der Waals surface area (Å²) in [4.78, 5) is 1.07. The van der Waals surface area contributed by atoms with E-state index in [9.17, 15) is 8.42 Å². The molecule has 2 heterocycles. The number of thiophene rings is 1. The van der Waals surface area contributed by atoms with E-state index in [1.54, 1.807) is 10.4 Å². The molecule has 108 valence electrons. The Labute approximate surface area is 119 Å². The highest BCUT2D eigenvalue weighted by molar-refractivity contribution is 7.91. The second-order valence-corrected chi connectivity index (χ2v) is 8.85. The minimum Gasteiger partial charge on any atom is -0.310 e. The summed E-state index contributed by atoms with van der Waals surface area (Å²) in [6.07, 6.45) is 0.965. The minimum atomic E-state index is -3.27. The lowest BCUT2D eigenvalue weighted by Crippen LogP contribution is -2.28. The van der Waals surface area contributed by atoms with Crippen molar-refractivity contribution in [1.82, 2.24) is 9.62 Å². The number of nitrogens with one attached hydrogen (secondary N) is 1. The van der Waals surface area contributed by atoms with Crippen LogP contribution >= 0.6 is 11.3 Å². The molecule has 1 fully saturated rings. The maximum atomic E-state index is 12.4. The third-order valence-corrected chi connectivity index (χ3v) is 6.72. The minimum absolute atomic E-state index is 0.404. The Balaban J connectivity index is 2.09. The number of nitrogens with zero attached hydrogens (tertiary/aromatic N) is 1. The largest absolute Gasteiger partial charge is 0.310 e. The van der Waals surface area contributed by atoms with Gasteiger partial charge in [-0.3, -0.25) is 0 Å². The van der Waals surface area contributed by atoms with E-state index < -0.39 is 10.0 Å². The van der Waals surface area contributed by atoms with Gasteiger partial charge in [-0.25, -0.2) is 8.42 Å². The maximum absolute atomic E-state index is 12.4. The molecule has 2 rings (SSSR count). The van der Waals surface area contributed by atoms with E-state index in [4.69, 9.17) is 0 Å². The predicted molar refractivity (Wildman–Crippen MR) is 78.8 cm³/mol. The summed E-state index contributed by atoms with van der Waals surface area (Å²) in [6, 6.07) is 4.05. The Morgan fingerprint density at radius 2 is 2.21 bits per heavy atom.